The average molecular weight is 279 g/mol. The Balaban J connectivity index is 2.28. The van der Waals surface area contributed by atoms with Crippen molar-refractivity contribution in [1.82, 2.24) is 10.2 Å². The first kappa shape index (κ1) is 13.3. The lowest BCUT2D eigenvalue weighted by atomic mass is 10.2. The lowest BCUT2D eigenvalue weighted by Crippen LogP contribution is -2.13. The number of hydrogen-bond acceptors (Lipinski definition) is 4. The van der Waals surface area contributed by atoms with Gasteiger partial charge in [0.1, 0.15) is 5.82 Å². The second-order valence-electron chi connectivity index (χ2n) is 4.18. The van der Waals surface area contributed by atoms with Gasteiger partial charge in [0.25, 0.3) is 5.91 Å². The summed E-state index contributed by atoms with van der Waals surface area (Å²) in [5, 5.41) is 9.07. The molecular formula is C12H13N3O3S. The van der Waals surface area contributed by atoms with Crippen molar-refractivity contribution in [2.24, 2.45) is 0 Å². The van der Waals surface area contributed by atoms with Crippen molar-refractivity contribution in [2.75, 3.05) is 11.6 Å². The van der Waals surface area contributed by atoms with Gasteiger partial charge in [-0.2, -0.15) is 5.10 Å². The molecule has 2 aromatic rings. The number of sulfone groups is 1. The number of aromatic nitrogens is 2. The number of nitrogens with zero attached hydrogens (tertiary/aromatic N) is 1. The smallest absolute Gasteiger partial charge is 0.256 e. The van der Waals surface area contributed by atoms with Crippen LogP contribution in [-0.4, -0.2) is 30.8 Å². The molecule has 0 bridgehead atoms. The summed E-state index contributed by atoms with van der Waals surface area (Å²) < 4.78 is 22.9. The maximum absolute atomic E-state index is 12.0. The molecule has 2 rings (SSSR count). The van der Waals surface area contributed by atoms with Crippen molar-refractivity contribution in [3.63, 3.8) is 0 Å². The summed E-state index contributed by atoms with van der Waals surface area (Å²) in [6.45, 7) is 1.80. The minimum atomic E-state index is -3.33. The third kappa shape index (κ3) is 3.00. The molecule has 0 atom stereocenters. The van der Waals surface area contributed by atoms with Crippen LogP contribution in [0.1, 0.15) is 15.9 Å². The van der Waals surface area contributed by atoms with Gasteiger partial charge in [-0.15, -0.1) is 0 Å². The van der Waals surface area contributed by atoms with Crippen LogP contribution in [0.2, 0.25) is 0 Å². The molecule has 1 heterocycles. The Hall–Kier alpha value is -2.15. The molecule has 0 radical (unpaired) electrons. The number of aryl methyl sites for hydroxylation is 1. The van der Waals surface area contributed by atoms with E-state index >= 15 is 0 Å². The van der Waals surface area contributed by atoms with Gasteiger partial charge in [-0.25, -0.2) is 8.42 Å². The Bertz CT molecular complexity index is 719. The van der Waals surface area contributed by atoms with Crippen LogP contribution in [-0.2, 0) is 9.84 Å². The zero-order valence-corrected chi connectivity index (χ0v) is 11.3. The topological polar surface area (TPSA) is 91.9 Å². The van der Waals surface area contributed by atoms with E-state index in [-0.39, 0.29) is 10.5 Å². The number of benzene rings is 1. The molecule has 7 heteroatoms. The molecule has 6 nitrogen and oxygen atoms in total. The number of carbonyl (C=O) groups is 1. The zero-order valence-electron chi connectivity index (χ0n) is 10.5. The van der Waals surface area contributed by atoms with E-state index in [9.17, 15) is 13.2 Å². The fraction of sp³-hybridized carbons (Fsp3) is 0.167. The Morgan fingerprint density at radius 1 is 1.37 bits per heavy atom. The molecule has 0 fully saturated rings. The second kappa shape index (κ2) is 4.85. The van der Waals surface area contributed by atoms with Crippen LogP contribution in [0.25, 0.3) is 0 Å². The molecule has 0 aliphatic heterocycles. The normalized spacial score (nSPS) is 11.3. The van der Waals surface area contributed by atoms with Crippen LogP contribution in [0.3, 0.4) is 0 Å². The average Bonchev–Trinajstić information content (AvgIpc) is 2.74. The first-order valence-corrected chi connectivity index (χ1v) is 7.38. The van der Waals surface area contributed by atoms with Gasteiger partial charge in [0.2, 0.25) is 0 Å². The van der Waals surface area contributed by atoms with Gasteiger partial charge >= 0.3 is 0 Å². The van der Waals surface area contributed by atoms with Crippen LogP contribution in [0.5, 0.6) is 0 Å². The molecule has 0 saturated carbocycles. The zero-order chi connectivity index (χ0) is 14.0. The van der Waals surface area contributed by atoms with E-state index in [4.69, 9.17) is 0 Å². The van der Waals surface area contributed by atoms with E-state index in [0.29, 0.717) is 5.82 Å². The molecule has 0 unspecified atom stereocenters. The maximum Gasteiger partial charge on any atom is 0.256 e. The van der Waals surface area contributed by atoms with E-state index < -0.39 is 15.7 Å². The molecule has 2 N–H and O–H groups in total. The molecule has 0 aliphatic rings. The SMILES string of the molecule is Cc1cn[nH]c1NC(=O)c1cccc(S(C)(=O)=O)c1. The number of rotatable bonds is 3. The van der Waals surface area contributed by atoms with Gasteiger partial charge in [-0.05, 0) is 25.1 Å². The van der Waals surface area contributed by atoms with E-state index in [2.05, 4.69) is 15.5 Å². The molecule has 0 spiro atoms. The minimum Gasteiger partial charge on any atom is -0.307 e. The van der Waals surface area contributed by atoms with Crippen LogP contribution >= 0.6 is 0 Å². The van der Waals surface area contributed by atoms with E-state index in [0.717, 1.165) is 11.8 Å². The summed E-state index contributed by atoms with van der Waals surface area (Å²) in [4.78, 5) is 12.1. The number of amides is 1. The summed E-state index contributed by atoms with van der Waals surface area (Å²) in [5.74, 6) is 0.104. The van der Waals surface area contributed by atoms with Crippen molar-refractivity contribution in [2.45, 2.75) is 11.8 Å². The molecule has 1 aromatic carbocycles. The standard InChI is InChI=1S/C12H13N3O3S/c1-8-7-13-15-11(8)14-12(16)9-4-3-5-10(6-9)19(2,17)18/h3-7H,1-2H3,(H2,13,14,15,16). The fourth-order valence-corrected chi connectivity index (χ4v) is 2.19. The third-order valence-corrected chi connectivity index (χ3v) is 3.70. The van der Waals surface area contributed by atoms with Gasteiger partial charge in [0.15, 0.2) is 9.84 Å². The summed E-state index contributed by atoms with van der Waals surface area (Å²) in [6, 6.07) is 5.88. The van der Waals surface area contributed by atoms with Gasteiger partial charge in [0, 0.05) is 17.4 Å². The summed E-state index contributed by atoms with van der Waals surface area (Å²) in [5.41, 5.74) is 1.07. The predicted octanol–water partition coefficient (Wildman–Crippen LogP) is 1.37. The fourth-order valence-electron chi connectivity index (χ4n) is 1.53. The van der Waals surface area contributed by atoms with Crippen molar-refractivity contribution in [3.05, 3.63) is 41.6 Å². The predicted molar refractivity (Wildman–Crippen MR) is 70.8 cm³/mol. The minimum absolute atomic E-state index is 0.112. The Labute approximate surface area is 110 Å². The van der Waals surface area contributed by atoms with Crippen LogP contribution in [0, 0.1) is 6.92 Å². The van der Waals surface area contributed by atoms with Gasteiger partial charge in [-0.1, -0.05) is 6.07 Å². The number of anilines is 1. The van der Waals surface area contributed by atoms with Crippen molar-refractivity contribution < 1.29 is 13.2 Å². The second-order valence-corrected chi connectivity index (χ2v) is 6.20. The molecule has 1 aromatic heterocycles. The molecular weight excluding hydrogens is 266 g/mol. The molecule has 19 heavy (non-hydrogen) atoms. The number of carbonyl (C=O) groups excluding carboxylic acids is 1. The largest absolute Gasteiger partial charge is 0.307 e. The van der Waals surface area contributed by atoms with E-state index in [1.54, 1.807) is 19.2 Å². The first-order chi connectivity index (χ1) is 8.88. The summed E-state index contributed by atoms with van der Waals surface area (Å²) in [7, 11) is -3.33. The Kier molecular flexibility index (Phi) is 3.39. The highest BCUT2D eigenvalue weighted by atomic mass is 32.2. The van der Waals surface area contributed by atoms with Crippen LogP contribution < -0.4 is 5.32 Å². The van der Waals surface area contributed by atoms with Gasteiger partial charge < -0.3 is 5.32 Å². The van der Waals surface area contributed by atoms with E-state index in [1.165, 1.54) is 18.2 Å². The quantitative estimate of drug-likeness (QED) is 0.887. The summed E-state index contributed by atoms with van der Waals surface area (Å²) in [6.07, 6.45) is 2.69. The number of H-pyrrole nitrogens is 1. The Morgan fingerprint density at radius 2 is 2.11 bits per heavy atom. The van der Waals surface area contributed by atoms with E-state index in [1.807, 2.05) is 0 Å². The van der Waals surface area contributed by atoms with Crippen molar-refractivity contribution in [1.29, 1.82) is 0 Å². The third-order valence-electron chi connectivity index (χ3n) is 2.59. The molecule has 100 valence electrons. The molecule has 1 amide bonds. The Morgan fingerprint density at radius 3 is 2.68 bits per heavy atom. The highest BCUT2D eigenvalue weighted by Gasteiger charge is 2.12. The van der Waals surface area contributed by atoms with Crippen molar-refractivity contribution >= 4 is 21.6 Å². The lowest BCUT2D eigenvalue weighted by Gasteiger charge is -2.05. The highest BCUT2D eigenvalue weighted by molar-refractivity contribution is 7.90. The lowest BCUT2D eigenvalue weighted by molar-refractivity contribution is 0.102. The number of hydrogen-bond donors (Lipinski definition) is 2. The molecule has 0 saturated heterocycles. The number of aromatic amines is 1. The first-order valence-electron chi connectivity index (χ1n) is 5.49. The van der Waals surface area contributed by atoms with Gasteiger partial charge in [0.05, 0.1) is 11.1 Å². The maximum atomic E-state index is 12.0. The number of nitrogens with one attached hydrogen (secondary N) is 2. The monoisotopic (exact) mass is 279 g/mol. The summed E-state index contributed by atoms with van der Waals surface area (Å²) >= 11 is 0. The van der Waals surface area contributed by atoms with Crippen LogP contribution in [0.15, 0.2) is 35.4 Å². The van der Waals surface area contributed by atoms with Crippen molar-refractivity contribution in [3.8, 4) is 0 Å². The highest BCUT2D eigenvalue weighted by Crippen LogP contribution is 2.14. The van der Waals surface area contributed by atoms with Crippen LogP contribution in [0.4, 0.5) is 5.82 Å². The molecule has 0 aliphatic carbocycles. The van der Waals surface area contributed by atoms with Gasteiger partial charge in [-0.3, -0.25) is 9.89 Å².